The Bertz CT molecular complexity index is 590. The third-order valence-corrected chi connectivity index (χ3v) is 4.40. The highest BCUT2D eigenvalue weighted by molar-refractivity contribution is 8.10. The summed E-state index contributed by atoms with van der Waals surface area (Å²) in [7, 11) is 1.15. The Balaban J connectivity index is 2.37. The fraction of sp³-hybridized carbons (Fsp3) is 0.500. The van der Waals surface area contributed by atoms with Gasteiger partial charge in [0, 0.05) is 0 Å². The summed E-state index contributed by atoms with van der Waals surface area (Å²) in [5.41, 5.74) is -1.65. The van der Waals surface area contributed by atoms with Crippen LogP contribution in [0.15, 0.2) is 24.2 Å². The Labute approximate surface area is 144 Å². The highest BCUT2D eigenvalue weighted by atomic mass is 32.1. The lowest BCUT2D eigenvalue weighted by molar-refractivity contribution is -0.156. The molecule has 2 aliphatic rings. The Morgan fingerprint density at radius 3 is 2.78 bits per heavy atom. The second-order valence-corrected chi connectivity index (χ2v) is 6.33. The van der Waals surface area contributed by atoms with Crippen LogP contribution in [0.4, 0.5) is 0 Å². The number of hydrogen-bond acceptors (Lipinski definition) is 7. The third-order valence-electron chi connectivity index (χ3n) is 3.99. The highest BCUT2D eigenvalue weighted by Crippen LogP contribution is 2.40. The molecular formula is C14H17NO6S2. The molecule has 7 nitrogen and oxygen atoms in total. The van der Waals surface area contributed by atoms with Crippen molar-refractivity contribution >= 4 is 40.9 Å². The first-order valence-corrected chi connectivity index (χ1v) is 7.70. The van der Waals surface area contributed by atoms with Crippen molar-refractivity contribution in [2.75, 3.05) is 13.7 Å². The van der Waals surface area contributed by atoms with Gasteiger partial charge in [-0.3, -0.25) is 4.79 Å². The van der Waals surface area contributed by atoms with Gasteiger partial charge in [-0.05, 0) is 25.0 Å². The van der Waals surface area contributed by atoms with Crippen LogP contribution < -0.4 is 0 Å². The standard InChI is InChI=1S/C14H17NO6S2/c1-20-12(19)14(7-16)6-8(11(18)15(14)13(22)23)10(17)9-4-2-3-5-21-9/h3-5,8,11,16,18H,2,6-7H2,1H3,(H,22,23). The summed E-state index contributed by atoms with van der Waals surface area (Å²) in [6, 6.07) is 0. The fourth-order valence-corrected chi connectivity index (χ4v) is 3.44. The monoisotopic (exact) mass is 359 g/mol. The van der Waals surface area contributed by atoms with Gasteiger partial charge in [0.15, 0.2) is 11.3 Å². The van der Waals surface area contributed by atoms with E-state index in [0.29, 0.717) is 6.42 Å². The molecule has 0 bridgehead atoms. The summed E-state index contributed by atoms with van der Waals surface area (Å²) >= 11 is 8.95. The Morgan fingerprint density at radius 1 is 1.61 bits per heavy atom. The molecule has 126 valence electrons. The van der Waals surface area contributed by atoms with E-state index in [1.54, 1.807) is 12.2 Å². The summed E-state index contributed by atoms with van der Waals surface area (Å²) in [6.45, 7) is -0.680. The lowest BCUT2D eigenvalue weighted by Crippen LogP contribution is -2.57. The zero-order chi connectivity index (χ0) is 17.2. The molecule has 0 radical (unpaired) electrons. The summed E-state index contributed by atoms with van der Waals surface area (Å²) in [5.74, 6) is -2.20. The van der Waals surface area contributed by atoms with Crippen LogP contribution >= 0.6 is 24.8 Å². The number of carbonyl (C=O) groups is 2. The molecule has 2 aliphatic heterocycles. The number of aliphatic hydroxyl groups excluding tert-OH is 2. The largest absolute Gasteiger partial charge is 0.467 e. The molecule has 9 heteroatoms. The second-order valence-electron chi connectivity index (χ2n) is 5.22. The van der Waals surface area contributed by atoms with E-state index in [4.69, 9.17) is 21.7 Å². The molecular weight excluding hydrogens is 342 g/mol. The van der Waals surface area contributed by atoms with Crippen molar-refractivity contribution in [3.8, 4) is 0 Å². The number of ketones is 1. The molecule has 3 unspecified atom stereocenters. The summed E-state index contributed by atoms with van der Waals surface area (Å²) < 4.78 is 9.75. The van der Waals surface area contributed by atoms with Crippen molar-refractivity contribution in [1.29, 1.82) is 0 Å². The average molecular weight is 359 g/mol. The molecule has 0 saturated carbocycles. The van der Waals surface area contributed by atoms with Crippen LogP contribution in [0.3, 0.4) is 0 Å². The van der Waals surface area contributed by atoms with E-state index in [-0.39, 0.29) is 16.5 Å². The smallest absolute Gasteiger partial charge is 0.334 e. The van der Waals surface area contributed by atoms with Crippen molar-refractivity contribution in [2.24, 2.45) is 5.92 Å². The van der Waals surface area contributed by atoms with Gasteiger partial charge >= 0.3 is 5.97 Å². The van der Waals surface area contributed by atoms with Crippen LogP contribution in [0.1, 0.15) is 12.8 Å². The van der Waals surface area contributed by atoms with Crippen molar-refractivity contribution in [3.63, 3.8) is 0 Å². The summed E-state index contributed by atoms with van der Waals surface area (Å²) in [5, 5.41) is 20.2. The number of nitrogens with zero attached hydrogens (tertiary/aromatic N) is 1. The molecule has 2 rings (SSSR count). The molecule has 0 aromatic rings. The zero-order valence-electron chi connectivity index (χ0n) is 12.3. The van der Waals surface area contributed by atoms with Crippen molar-refractivity contribution < 1.29 is 29.3 Å². The highest BCUT2D eigenvalue weighted by Gasteiger charge is 2.59. The summed E-state index contributed by atoms with van der Waals surface area (Å²) in [6.07, 6.45) is 3.63. The van der Waals surface area contributed by atoms with Gasteiger partial charge < -0.3 is 24.6 Å². The van der Waals surface area contributed by atoms with Crippen molar-refractivity contribution in [1.82, 2.24) is 4.90 Å². The van der Waals surface area contributed by atoms with Crippen LogP contribution in [-0.4, -0.2) is 56.7 Å². The van der Waals surface area contributed by atoms with E-state index >= 15 is 0 Å². The van der Waals surface area contributed by atoms with Gasteiger partial charge in [-0.1, -0.05) is 12.2 Å². The van der Waals surface area contributed by atoms with Crippen molar-refractivity contribution in [2.45, 2.75) is 24.6 Å². The number of Topliss-reactive ketones (excluding diaryl/α,β-unsaturated/α-hetero) is 1. The molecule has 0 spiro atoms. The van der Waals surface area contributed by atoms with Gasteiger partial charge in [0.25, 0.3) is 0 Å². The van der Waals surface area contributed by atoms with Crippen molar-refractivity contribution in [3.05, 3.63) is 24.2 Å². The zero-order valence-corrected chi connectivity index (χ0v) is 14.0. The maximum atomic E-state index is 12.6. The lowest BCUT2D eigenvalue weighted by atomic mass is 9.89. The molecule has 0 aromatic carbocycles. The number of allylic oxidation sites excluding steroid dienone is 3. The van der Waals surface area contributed by atoms with E-state index in [2.05, 4.69) is 12.6 Å². The van der Waals surface area contributed by atoms with Gasteiger partial charge in [-0.15, -0.1) is 12.6 Å². The quantitative estimate of drug-likeness (QED) is 0.370. The van der Waals surface area contributed by atoms with Crippen LogP contribution in [0.25, 0.3) is 0 Å². The number of thiocarbonyl (C=S) groups is 1. The van der Waals surface area contributed by atoms with Crippen LogP contribution in [-0.2, 0) is 19.1 Å². The van der Waals surface area contributed by atoms with Gasteiger partial charge in [0.1, 0.15) is 10.5 Å². The average Bonchev–Trinajstić information content (AvgIpc) is 2.88. The number of thiol groups is 1. The molecule has 1 fully saturated rings. The number of aliphatic hydroxyl groups is 2. The topological polar surface area (TPSA) is 96.3 Å². The van der Waals surface area contributed by atoms with Gasteiger partial charge in [-0.2, -0.15) is 0 Å². The molecule has 1 saturated heterocycles. The Kier molecular flexibility index (Phi) is 5.45. The number of hydrogen-bond donors (Lipinski definition) is 3. The molecule has 23 heavy (non-hydrogen) atoms. The number of esters is 1. The maximum absolute atomic E-state index is 12.6. The number of carbonyl (C=O) groups excluding carboxylic acids is 2. The third kappa shape index (κ3) is 3.01. The first-order chi connectivity index (χ1) is 10.9. The molecule has 2 N–H and O–H groups in total. The van der Waals surface area contributed by atoms with Crippen LogP contribution in [0.2, 0.25) is 0 Å². The minimum Gasteiger partial charge on any atom is -0.467 e. The van der Waals surface area contributed by atoms with Crippen LogP contribution in [0, 0.1) is 5.92 Å². The minimum absolute atomic E-state index is 0.0835. The maximum Gasteiger partial charge on any atom is 0.334 e. The van der Waals surface area contributed by atoms with E-state index in [1.807, 2.05) is 0 Å². The number of methoxy groups -OCH3 is 1. The van der Waals surface area contributed by atoms with Gasteiger partial charge in [0.05, 0.1) is 25.9 Å². The second kappa shape index (κ2) is 7.00. The fourth-order valence-electron chi connectivity index (χ4n) is 2.84. The summed E-state index contributed by atoms with van der Waals surface area (Å²) in [4.78, 5) is 25.8. The lowest BCUT2D eigenvalue weighted by Gasteiger charge is -2.36. The van der Waals surface area contributed by atoms with Gasteiger partial charge in [-0.25, -0.2) is 4.79 Å². The van der Waals surface area contributed by atoms with E-state index < -0.39 is 36.0 Å². The number of rotatable bonds is 4. The Morgan fingerprint density at radius 2 is 2.30 bits per heavy atom. The number of ether oxygens (including phenoxy) is 2. The molecule has 0 aliphatic carbocycles. The number of likely N-dealkylation sites (tertiary alicyclic amines) is 1. The molecule has 2 heterocycles. The van der Waals surface area contributed by atoms with E-state index in [9.17, 15) is 19.8 Å². The molecule has 0 amide bonds. The molecule has 0 aromatic heterocycles. The SMILES string of the molecule is COC(=O)C1(CO)CC(C(=O)C2=CCC=CO2)C(O)N1C(=S)S. The minimum atomic E-state index is -1.65. The predicted octanol–water partition coefficient (Wildman–Crippen LogP) is 0.132. The Hall–Kier alpha value is -1.42. The van der Waals surface area contributed by atoms with E-state index in [0.717, 1.165) is 12.0 Å². The first-order valence-electron chi connectivity index (χ1n) is 6.84. The first kappa shape index (κ1) is 17.9. The van der Waals surface area contributed by atoms with E-state index in [1.165, 1.54) is 6.26 Å². The van der Waals surface area contributed by atoms with Gasteiger partial charge in [0.2, 0.25) is 5.78 Å². The normalized spacial score (nSPS) is 29.7. The predicted molar refractivity (Wildman–Crippen MR) is 87.3 cm³/mol. The molecule has 3 atom stereocenters. The van der Waals surface area contributed by atoms with Crippen LogP contribution in [0.5, 0.6) is 0 Å².